The second-order valence-electron chi connectivity index (χ2n) is 10.0. The van der Waals surface area contributed by atoms with Gasteiger partial charge in [-0.3, -0.25) is 9.69 Å². The van der Waals surface area contributed by atoms with E-state index < -0.39 is 11.7 Å². The highest BCUT2D eigenvalue weighted by Crippen LogP contribution is 2.39. The first-order chi connectivity index (χ1) is 15.8. The van der Waals surface area contributed by atoms with Gasteiger partial charge < -0.3 is 15.1 Å². The Morgan fingerprint density at radius 1 is 1.06 bits per heavy atom. The zero-order valence-corrected chi connectivity index (χ0v) is 18.7. The number of alkyl halides is 3. The number of halogens is 3. The minimum atomic E-state index is -4.44. The minimum absolute atomic E-state index is 0.160. The lowest BCUT2D eigenvalue weighted by molar-refractivity contribution is -0.145. The number of nitrogens with zero attached hydrogens (tertiary/aromatic N) is 3. The summed E-state index contributed by atoms with van der Waals surface area (Å²) in [5.41, 5.74) is -0.611. The largest absolute Gasteiger partial charge is 0.416 e. The summed E-state index contributed by atoms with van der Waals surface area (Å²) in [6, 6.07) is 5.21. The Hall–Kier alpha value is -2.29. The van der Waals surface area contributed by atoms with Crippen molar-refractivity contribution in [1.29, 1.82) is 0 Å². The molecule has 0 spiro atoms. The third-order valence-corrected chi connectivity index (χ3v) is 7.92. The zero-order chi connectivity index (χ0) is 23.2. The topological polar surface area (TPSA) is 55.9 Å². The molecule has 0 radical (unpaired) electrons. The molecule has 5 rings (SSSR count). The molecule has 9 heteroatoms. The highest BCUT2D eigenvalue weighted by atomic mass is 19.4. The fraction of sp³-hybridized carbons (Fsp3) is 0.667. The Morgan fingerprint density at radius 3 is 2.61 bits per heavy atom. The van der Waals surface area contributed by atoms with Gasteiger partial charge in [0.2, 0.25) is 5.91 Å². The number of urea groups is 1. The number of benzene rings is 1. The lowest BCUT2D eigenvalue weighted by Gasteiger charge is -2.54. The summed E-state index contributed by atoms with van der Waals surface area (Å²) in [5.74, 6) is 1.41. The van der Waals surface area contributed by atoms with Crippen molar-refractivity contribution in [3.63, 3.8) is 0 Å². The Morgan fingerprint density at radius 2 is 1.85 bits per heavy atom. The molecule has 3 amide bonds. The molecule has 4 aliphatic heterocycles. The molecule has 0 saturated carbocycles. The number of carbonyl (C=O) groups excluding carboxylic acids is 2. The Balaban J connectivity index is 1.15. The maximum Gasteiger partial charge on any atom is 0.416 e. The lowest BCUT2D eigenvalue weighted by atomic mass is 9.75. The SMILES string of the molecule is O=C(Nc1cccc(C(F)(F)F)c1)N1CCC(N2CC3CC(C2)[C@H]2CCCC(=O)N2C3)CC1. The van der Waals surface area contributed by atoms with E-state index in [1.807, 2.05) is 0 Å². The summed E-state index contributed by atoms with van der Waals surface area (Å²) in [7, 11) is 0. The first-order valence-electron chi connectivity index (χ1n) is 12.0. The summed E-state index contributed by atoms with van der Waals surface area (Å²) >= 11 is 0. The van der Waals surface area contributed by atoms with Crippen molar-refractivity contribution in [3.05, 3.63) is 29.8 Å². The molecule has 33 heavy (non-hydrogen) atoms. The third-order valence-electron chi connectivity index (χ3n) is 7.92. The highest BCUT2D eigenvalue weighted by Gasteiger charge is 2.45. The molecule has 1 aromatic rings. The zero-order valence-electron chi connectivity index (χ0n) is 18.7. The molecule has 4 aliphatic rings. The second-order valence-corrected chi connectivity index (χ2v) is 10.0. The monoisotopic (exact) mass is 464 g/mol. The minimum Gasteiger partial charge on any atom is -0.339 e. The molecule has 180 valence electrons. The standard InChI is InChI=1S/C24H31F3N4O2/c25-24(26,27)18-3-1-4-19(12-18)28-23(33)29-9-7-20(8-10-29)30-13-16-11-17(15-30)21-5-2-6-22(32)31(21)14-16/h1,3-4,12,16-17,20-21H,2,5-11,13-15H2,(H,28,33)/t16?,17?,21-/m1/s1. The number of nitrogens with one attached hydrogen (secondary N) is 1. The summed E-state index contributed by atoms with van der Waals surface area (Å²) < 4.78 is 38.8. The molecule has 1 aromatic carbocycles. The van der Waals surface area contributed by atoms with E-state index in [2.05, 4.69) is 15.1 Å². The van der Waals surface area contributed by atoms with Crippen molar-refractivity contribution in [2.75, 3.05) is 38.0 Å². The van der Waals surface area contributed by atoms with Gasteiger partial charge in [0.25, 0.3) is 0 Å². The van der Waals surface area contributed by atoms with Crippen molar-refractivity contribution in [2.45, 2.75) is 56.8 Å². The fourth-order valence-electron chi connectivity index (χ4n) is 6.36. The summed E-state index contributed by atoms with van der Waals surface area (Å²) in [6.07, 6.45) is 1.31. The maximum absolute atomic E-state index is 12.9. The summed E-state index contributed by atoms with van der Waals surface area (Å²) in [4.78, 5) is 31.4. The van der Waals surface area contributed by atoms with Crippen LogP contribution in [-0.2, 0) is 11.0 Å². The number of hydrogen-bond donors (Lipinski definition) is 1. The fourth-order valence-corrected chi connectivity index (χ4v) is 6.36. The maximum atomic E-state index is 12.9. The van der Waals surface area contributed by atoms with Gasteiger partial charge in [-0.1, -0.05) is 6.07 Å². The first kappa shape index (κ1) is 22.5. The van der Waals surface area contributed by atoms with Crippen molar-refractivity contribution in [2.24, 2.45) is 11.8 Å². The molecular weight excluding hydrogens is 433 g/mol. The number of likely N-dealkylation sites (tertiary alicyclic amines) is 2. The van der Waals surface area contributed by atoms with E-state index in [-0.39, 0.29) is 11.7 Å². The summed E-state index contributed by atoms with van der Waals surface area (Å²) in [6.45, 7) is 4.10. The molecule has 2 bridgehead atoms. The van der Waals surface area contributed by atoms with Crippen LogP contribution in [-0.4, -0.2) is 71.4 Å². The van der Waals surface area contributed by atoms with Gasteiger partial charge in [-0.15, -0.1) is 0 Å². The van der Waals surface area contributed by atoms with Gasteiger partial charge in [-0.05, 0) is 62.1 Å². The van der Waals surface area contributed by atoms with Crippen LogP contribution in [0.5, 0.6) is 0 Å². The molecule has 0 aliphatic carbocycles. The highest BCUT2D eigenvalue weighted by molar-refractivity contribution is 5.89. The van der Waals surface area contributed by atoms with Crippen molar-refractivity contribution < 1.29 is 22.8 Å². The Kier molecular flexibility index (Phi) is 6.01. The van der Waals surface area contributed by atoms with Crippen LogP contribution in [0.1, 0.15) is 44.1 Å². The predicted molar refractivity (Wildman–Crippen MR) is 118 cm³/mol. The number of carbonyl (C=O) groups is 2. The normalized spacial score (nSPS) is 29.1. The van der Waals surface area contributed by atoms with Crippen molar-refractivity contribution in [1.82, 2.24) is 14.7 Å². The van der Waals surface area contributed by atoms with Gasteiger partial charge in [0.05, 0.1) is 5.56 Å². The van der Waals surface area contributed by atoms with Crippen LogP contribution < -0.4 is 5.32 Å². The summed E-state index contributed by atoms with van der Waals surface area (Å²) in [5, 5.41) is 2.62. The number of hydrogen-bond acceptors (Lipinski definition) is 3. The second kappa shape index (κ2) is 8.81. The van der Waals surface area contributed by atoms with E-state index >= 15 is 0 Å². The Labute approximate surface area is 192 Å². The van der Waals surface area contributed by atoms with E-state index in [0.29, 0.717) is 49.3 Å². The van der Waals surface area contributed by atoms with Crippen molar-refractivity contribution >= 4 is 17.6 Å². The van der Waals surface area contributed by atoms with Crippen LogP contribution in [0.25, 0.3) is 0 Å². The van der Waals surface area contributed by atoms with Gasteiger partial charge in [0, 0.05) is 56.9 Å². The van der Waals surface area contributed by atoms with Crippen LogP contribution in [0.4, 0.5) is 23.7 Å². The van der Waals surface area contributed by atoms with E-state index in [1.165, 1.54) is 18.6 Å². The smallest absolute Gasteiger partial charge is 0.339 e. The van der Waals surface area contributed by atoms with Crippen LogP contribution in [0.2, 0.25) is 0 Å². The molecule has 4 fully saturated rings. The molecule has 2 unspecified atom stereocenters. The molecule has 4 heterocycles. The lowest BCUT2D eigenvalue weighted by Crippen LogP contribution is -2.62. The van der Waals surface area contributed by atoms with Crippen molar-refractivity contribution in [3.8, 4) is 0 Å². The Bertz CT molecular complexity index is 900. The average molecular weight is 465 g/mol. The molecule has 4 saturated heterocycles. The number of rotatable bonds is 2. The van der Waals surface area contributed by atoms with Gasteiger partial charge in [0.15, 0.2) is 0 Å². The van der Waals surface area contributed by atoms with Crippen LogP contribution in [0.3, 0.4) is 0 Å². The predicted octanol–water partition coefficient (Wildman–Crippen LogP) is 4.03. The molecule has 0 aromatic heterocycles. The molecule has 3 atom stereocenters. The molecular formula is C24H31F3N4O2. The van der Waals surface area contributed by atoms with Gasteiger partial charge in [0.1, 0.15) is 0 Å². The molecule has 1 N–H and O–H groups in total. The number of anilines is 1. The van der Waals surface area contributed by atoms with Gasteiger partial charge in [-0.2, -0.15) is 13.2 Å². The van der Waals surface area contributed by atoms with Gasteiger partial charge in [-0.25, -0.2) is 4.79 Å². The van der Waals surface area contributed by atoms with Crippen LogP contribution in [0.15, 0.2) is 24.3 Å². The van der Waals surface area contributed by atoms with E-state index in [4.69, 9.17) is 0 Å². The van der Waals surface area contributed by atoms with Crippen LogP contribution in [0, 0.1) is 11.8 Å². The number of fused-ring (bicyclic) bond motifs is 4. The number of piperidine rings is 4. The first-order valence-corrected chi connectivity index (χ1v) is 12.0. The third kappa shape index (κ3) is 4.69. The quantitative estimate of drug-likeness (QED) is 0.719. The van der Waals surface area contributed by atoms with E-state index in [1.54, 1.807) is 4.90 Å². The van der Waals surface area contributed by atoms with Crippen LogP contribution >= 0.6 is 0 Å². The molecule has 6 nitrogen and oxygen atoms in total. The van der Waals surface area contributed by atoms with E-state index in [9.17, 15) is 22.8 Å². The average Bonchev–Trinajstić information content (AvgIpc) is 2.79. The van der Waals surface area contributed by atoms with E-state index in [0.717, 1.165) is 57.5 Å². The van der Waals surface area contributed by atoms with Gasteiger partial charge >= 0.3 is 12.2 Å². The number of amides is 3.